The molecule has 10 heteroatoms. The molecule has 0 aliphatic carbocycles. The van der Waals surface area contributed by atoms with Crippen molar-refractivity contribution in [3.63, 3.8) is 0 Å². The monoisotopic (exact) mass is 427 g/mol. The van der Waals surface area contributed by atoms with Gasteiger partial charge in [-0.3, -0.25) is 10.1 Å². The molecular weight excluding hydrogens is 401 g/mol. The van der Waals surface area contributed by atoms with Gasteiger partial charge in [0.1, 0.15) is 17.6 Å². The molecule has 0 bridgehead atoms. The number of nitrogens with two attached hydrogens (primary N) is 1. The number of rotatable bonds is 9. The van der Waals surface area contributed by atoms with E-state index in [1.807, 2.05) is 0 Å². The maximum absolute atomic E-state index is 13.5. The summed E-state index contributed by atoms with van der Waals surface area (Å²) in [5.74, 6) is -0.509. The van der Waals surface area contributed by atoms with E-state index < -0.39 is 17.6 Å². The number of carbonyl (C=O) groups is 1. The van der Waals surface area contributed by atoms with Gasteiger partial charge in [-0.15, -0.1) is 0 Å². The van der Waals surface area contributed by atoms with E-state index in [0.717, 1.165) is 25.3 Å². The molecule has 1 fully saturated rings. The summed E-state index contributed by atoms with van der Waals surface area (Å²) in [5, 5.41) is 7.21. The van der Waals surface area contributed by atoms with Crippen LogP contribution in [0.5, 0.6) is 0 Å². The molecule has 7 nitrogen and oxygen atoms in total. The molecule has 0 spiro atoms. The maximum Gasteiger partial charge on any atom is 0.416 e. The van der Waals surface area contributed by atoms with Gasteiger partial charge in [-0.2, -0.15) is 18.3 Å². The summed E-state index contributed by atoms with van der Waals surface area (Å²) in [6, 6.07) is 3.80. The second kappa shape index (κ2) is 11.0. The molecule has 1 aliphatic heterocycles. The zero-order chi connectivity index (χ0) is 22.1. The van der Waals surface area contributed by atoms with Crippen LogP contribution in [0.2, 0.25) is 0 Å². The minimum Gasteiger partial charge on any atom is -0.353 e. The number of ether oxygens (including phenoxy) is 2. The third kappa shape index (κ3) is 7.36. The molecule has 1 aromatic rings. The minimum atomic E-state index is -4.58. The van der Waals surface area contributed by atoms with Gasteiger partial charge >= 0.3 is 6.18 Å². The van der Waals surface area contributed by atoms with Crippen LogP contribution in [0.4, 0.5) is 18.9 Å². The van der Waals surface area contributed by atoms with E-state index in [0.29, 0.717) is 6.61 Å². The average Bonchev–Trinajstić information content (AvgIpc) is 2.72. The van der Waals surface area contributed by atoms with Crippen LogP contribution in [0.1, 0.15) is 37.3 Å². The zero-order valence-corrected chi connectivity index (χ0v) is 16.7. The molecule has 30 heavy (non-hydrogen) atoms. The Morgan fingerprint density at radius 1 is 1.47 bits per heavy atom. The minimum absolute atomic E-state index is 0.0296. The maximum atomic E-state index is 13.5. The highest BCUT2D eigenvalue weighted by atomic mass is 19.4. The van der Waals surface area contributed by atoms with E-state index >= 15 is 0 Å². The van der Waals surface area contributed by atoms with Crippen LogP contribution in [-0.2, 0) is 27.0 Å². The number of halogens is 3. The first-order valence-electron chi connectivity index (χ1n) is 9.49. The Labute approximate surface area is 172 Å². The molecule has 1 heterocycles. The second-order valence-corrected chi connectivity index (χ2v) is 6.92. The molecule has 4 N–H and O–H groups in total. The van der Waals surface area contributed by atoms with E-state index in [9.17, 15) is 18.0 Å². The summed E-state index contributed by atoms with van der Waals surface area (Å²) >= 11 is 0. The van der Waals surface area contributed by atoms with Gasteiger partial charge in [0.2, 0.25) is 5.91 Å². The number of quaternary nitrogens is 1. The summed E-state index contributed by atoms with van der Waals surface area (Å²) in [7, 11) is 0. The fourth-order valence-electron chi connectivity index (χ4n) is 2.77. The molecule has 1 atom stereocenters. The third-order valence-electron chi connectivity index (χ3n) is 4.43. The van der Waals surface area contributed by atoms with E-state index in [2.05, 4.69) is 17.0 Å². The lowest BCUT2D eigenvalue weighted by Gasteiger charge is -2.22. The zero-order valence-electron chi connectivity index (χ0n) is 16.7. The van der Waals surface area contributed by atoms with Crippen LogP contribution >= 0.6 is 0 Å². The highest BCUT2D eigenvalue weighted by Crippen LogP contribution is 2.33. The summed E-state index contributed by atoms with van der Waals surface area (Å²) in [6.07, 6.45) is -0.766. The molecule has 1 aromatic carbocycles. The Bertz CT molecular complexity index is 803. The number of amides is 1. The quantitative estimate of drug-likeness (QED) is 0.319. The Hall–Kier alpha value is -2.56. The molecule has 1 saturated heterocycles. The summed E-state index contributed by atoms with van der Waals surface area (Å²) in [6.45, 7) is 5.32. The average molecular weight is 427 g/mol. The molecule has 164 valence electrons. The number of nitrogens with zero attached hydrogens (tertiary/aromatic N) is 1. The highest BCUT2D eigenvalue weighted by molar-refractivity contribution is 5.92. The molecule has 2 rings (SSSR count). The predicted octanol–water partition coefficient (Wildman–Crippen LogP) is 3.51. The van der Waals surface area contributed by atoms with Crippen LogP contribution in [0.3, 0.4) is 0 Å². The molecule has 0 aromatic heterocycles. The van der Waals surface area contributed by atoms with Gasteiger partial charge in [0, 0.05) is 24.8 Å². The van der Waals surface area contributed by atoms with Crippen LogP contribution in [0.15, 0.2) is 47.4 Å². The number of hydrogen-bond donors (Lipinski definition) is 3. The Kier molecular flexibility index (Phi) is 8.70. The summed E-state index contributed by atoms with van der Waals surface area (Å²) in [4.78, 5) is 11.6. The van der Waals surface area contributed by atoms with E-state index in [1.54, 1.807) is 0 Å². The van der Waals surface area contributed by atoms with Gasteiger partial charge in [-0.25, -0.2) is 5.53 Å². The van der Waals surface area contributed by atoms with Gasteiger partial charge in [-0.1, -0.05) is 12.6 Å². The number of hydrogen-bond acceptors (Lipinski definition) is 5. The van der Waals surface area contributed by atoms with Crippen molar-refractivity contribution in [2.24, 2.45) is 5.11 Å². The lowest BCUT2D eigenvalue weighted by Crippen LogP contribution is -2.71. The first-order chi connectivity index (χ1) is 14.2. The molecule has 1 amide bonds. The second-order valence-electron chi connectivity index (χ2n) is 6.92. The largest absolute Gasteiger partial charge is 0.416 e. The number of alkyl halides is 3. The highest BCUT2D eigenvalue weighted by Gasteiger charge is 2.34. The topological polar surface area (TPSA) is 100 Å². The predicted molar refractivity (Wildman–Crippen MR) is 102 cm³/mol. The number of benzene rings is 1. The Morgan fingerprint density at radius 2 is 2.23 bits per heavy atom. The van der Waals surface area contributed by atoms with Crippen molar-refractivity contribution in [3.05, 3.63) is 53.4 Å². The lowest BCUT2D eigenvalue weighted by molar-refractivity contribution is -0.497. The van der Waals surface area contributed by atoms with Gasteiger partial charge in [0.05, 0.1) is 12.2 Å². The first-order valence-corrected chi connectivity index (χ1v) is 9.49. The molecular formula is C20H26F3N4O3+. The van der Waals surface area contributed by atoms with Crippen molar-refractivity contribution in [1.29, 1.82) is 5.53 Å². The first kappa shape index (κ1) is 23.7. The van der Waals surface area contributed by atoms with Gasteiger partial charge in [0.25, 0.3) is 0 Å². The normalized spacial score (nSPS) is 17.5. The third-order valence-corrected chi connectivity index (χ3v) is 4.43. The van der Waals surface area contributed by atoms with Crippen molar-refractivity contribution in [3.8, 4) is 0 Å². The fraction of sp³-hybridized carbons (Fsp3) is 0.450. The van der Waals surface area contributed by atoms with Crippen LogP contribution in [0, 0.1) is 5.53 Å². The van der Waals surface area contributed by atoms with Crippen molar-refractivity contribution in [2.45, 2.75) is 45.2 Å². The molecule has 0 saturated carbocycles. The van der Waals surface area contributed by atoms with Crippen molar-refractivity contribution < 1.29 is 32.8 Å². The van der Waals surface area contributed by atoms with Crippen molar-refractivity contribution in [1.82, 2.24) is 5.32 Å². The molecule has 0 radical (unpaired) electrons. The Morgan fingerprint density at radius 3 is 2.83 bits per heavy atom. The van der Waals surface area contributed by atoms with Gasteiger partial charge in [-0.05, 0) is 37.8 Å². The standard InChI is InChI=1S/C20H25F3N4O3/c1-13(2)19(28)26-10-14-6-7-15(9-17(14)20(21,22)23)25-11-16(27-24)12-30-18-5-3-4-8-29-18/h6-7,9,11,18,24-25H,1,3-5,8,10,12H2,2H3,(H,26,28)/p+1/b16-11-,27-24?. The van der Waals surface area contributed by atoms with Crippen LogP contribution < -0.4 is 10.6 Å². The van der Waals surface area contributed by atoms with Crippen molar-refractivity contribution >= 4 is 11.6 Å². The van der Waals surface area contributed by atoms with Crippen molar-refractivity contribution in [2.75, 3.05) is 13.2 Å². The SMILES string of the molecule is C=C(C)C(=O)NCc1ccc([NH2+]/C=C(/COC2CCCCO2)N=N)cc1C(F)(F)F. The fourth-order valence-corrected chi connectivity index (χ4v) is 2.77. The van der Waals surface area contributed by atoms with E-state index in [-0.39, 0.29) is 42.0 Å². The van der Waals surface area contributed by atoms with Crippen LogP contribution in [-0.4, -0.2) is 25.4 Å². The molecule has 1 aliphatic rings. The van der Waals surface area contributed by atoms with Gasteiger partial charge < -0.3 is 14.8 Å². The Balaban J connectivity index is 2.06. The van der Waals surface area contributed by atoms with E-state index in [1.165, 1.54) is 30.6 Å². The lowest BCUT2D eigenvalue weighted by atomic mass is 10.1. The summed E-state index contributed by atoms with van der Waals surface area (Å²) < 4.78 is 51.4. The number of carbonyl (C=O) groups excluding carboxylic acids is 1. The molecule has 1 unspecified atom stereocenters. The van der Waals surface area contributed by atoms with Crippen LogP contribution in [0.25, 0.3) is 0 Å². The smallest absolute Gasteiger partial charge is 0.353 e. The van der Waals surface area contributed by atoms with Gasteiger partial charge in [0.15, 0.2) is 6.29 Å². The number of nitrogens with one attached hydrogen (secondary N) is 2. The summed E-state index contributed by atoms with van der Waals surface area (Å²) in [5.41, 5.74) is 7.10. The van der Waals surface area contributed by atoms with E-state index in [4.69, 9.17) is 15.0 Å².